The molecule has 2 bridgehead atoms. The average molecular weight is 217 g/mol. The van der Waals surface area contributed by atoms with E-state index in [1.54, 1.807) is 0 Å². The predicted octanol–water partition coefficient (Wildman–Crippen LogP) is 1.36. The molecule has 2 rings (SSSR count). The first-order chi connectivity index (χ1) is 6.27. The van der Waals surface area contributed by atoms with E-state index in [0.29, 0.717) is 18.2 Å². The Kier molecular flexibility index (Phi) is 2.03. The molecule has 4 heteroatoms. The van der Waals surface area contributed by atoms with Crippen molar-refractivity contribution in [2.75, 3.05) is 12.3 Å². The molecule has 2 atom stereocenters. The van der Waals surface area contributed by atoms with Crippen LogP contribution in [0, 0.1) is 16.7 Å². The van der Waals surface area contributed by atoms with Gasteiger partial charge in [0.15, 0.2) is 0 Å². The van der Waals surface area contributed by atoms with Crippen molar-refractivity contribution in [3.8, 4) is 0 Å². The van der Waals surface area contributed by atoms with Gasteiger partial charge in [0, 0.05) is 6.54 Å². The summed E-state index contributed by atoms with van der Waals surface area (Å²) in [4.78, 5) is 0. The lowest BCUT2D eigenvalue weighted by molar-refractivity contribution is 0.118. The molecule has 2 unspecified atom stereocenters. The van der Waals surface area contributed by atoms with Crippen molar-refractivity contribution < 1.29 is 8.42 Å². The summed E-state index contributed by atoms with van der Waals surface area (Å²) in [5.74, 6) is 0.800. The number of sulfonamides is 1. The summed E-state index contributed by atoms with van der Waals surface area (Å²) < 4.78 is 26.0. The van der Waals surface area contributed by atoms with E-state index in [1.807, 2.05) is 0 Å². The van der Waals surface area contributed by atoms with Gasteiger partial charge in [-0.3, -0.25) is 0 Å². The Morgan fingerprint density at radius 1 is 1.29 bits per heavy atom. The minimum atomic E-state index is -3.03. The Hall–Kier alpha value is -0.0900. The smallest absolute Gasteiger partial charge is 0.212 e. The second-order valence-electron chi connectivity index (χ2n) is 5.63. The second kappa shape index (κ2) is 2.73. The molecule has 1 aliphatic heterocycles. The SMILES string of the molecule is CC12CCC(CNS(=O)(=O)C1)C2(C)C. The summed E-state index contributed by atoms with van der Waals surface area (Å²) in [5.41, 5.74) is 0.101. The van der Waals surface area contributed by atoms with Crippen LogP contribution in [-0.4, -0.2) is 20.7 Å². The van der Waals surface area contributed by atoms with Crippen molar-refractivity contribution in [1.29, 1.82) is 0 Å². The van der Waals surface area contributed by atoms with Crippen LogP contribution in [0.15, 0.2) is 0 Å². The van der Waals surface area contributed by atoms with E-state index in [0.717, 1.165) is 12.8 Å². The number of nitrogens with one attached hydrogen (secondary N) is 1. The number of fused-ring (bicyclic) bond motifs is 2. The van der Waals surface area contributed by atoms with Gasteiger partial charge in [-0.2, -0.15) is 0 Å². The van der Waals surface area contributed by atoms with E-state index in [4.69, 9.17) is 0 Å². The molecule has 1 N–H and O–H groups in total. The lowest BCUT2D eigenvalue weighted by Crippen LogP contribution is -2.37. The molecule has 0 radical (unpaired) electrons. The first-order valence-corrected chi connectivity index (χ1v) is 6.89. The third-order valence-corrected chi connectivity index (χ3v) is 6.30. The minimum absolute atomic E-state index is 0.0417. The van der Waals surface area contributed by atoms with Crippen molar-refractivity contribution in [2.45, 2.75) is 33.6 Å². The second-order valence-corrected chi connectivity index (χ2v) is 7.43. The highest BCUT2D eigenvalue weighted by molar-refractivity contribution is 7.89. The van der Waals surface area contributed by atoms with Gasteiger partial charge in [-0.1, -0.05) is 20.8 Å². The number of hydrogen-bond acceptors (Lipinski definition) is 2. The summed E-state index contributed by atoms with van der Waals surface area (Å²) >= 11 is 0. The Bertz CT molecular complexity index is 347. The molecule has 0 aromatic heterocycles. The van der Waals surface area contributed by atoms with E-state index in [9.17, 15) is 8.42 Å². The molecule has 1 saturated carbocycles. The van der Waals surface area contributed by atoms with Gasteiger partial charge in [0.05, 0.1) is 5.75 Å². The van der Waals surface area contributed by atoms with E-state index < -0.39 is 10.0 Å². The Labute approximate surface area is 86.3 Å². The molecule has 0 amide bonds. The van der Waals surface area contributed by atoms with E-state index in [-0.39, 0.29) is 10.8 Å². The van der Waals surface area contributed by atoms with Crippen LogP contribution in [0.3, 0.4) is 0 Å². The van der Waals surface area contributed by atoms with Crippen LogP contribution < -0.4 is 4.72 Å². The van der Waals surface area contributed by atoms with Gasteiger partial charge in [-0.15, -0.1) is 0 Å². The molecule has 0 aromatic carbocycles. The zero-order valence-corrected chi connectivity index (χ0v) is 9.95. The molecule has 82 valence electrons. The molecule has 14 heavy (non-hydrogen) atoms. The van der Waals surface area contributed by atoms with Crippen molar-refractivity contribution >= 4 is 10.0 Å². The van der Waals surface area contributed by atoms with Gasteiger partial charge in [0.2, 0.25) is 10.0 Å². The van der Waals surface area contributed by atoms with Crippen molar-refractivity contribution in [3.63, 3.8) is 0 Å². The predicted molar refractivity (Wildman–Crippen MR) is 56.4 cm³/mol. The topological polar surface area (TPSA) is 46.2 Å². The molecule has 0 spiro atoms. The molecule has 2 aliphatic rings. The molecule has 0 aromatic rings. The molecule has 3 nitrogen and oxygen atoms in total. The maximum atomic E-state index is 11.6. The van der Waals surface area contributed by atoms with Crippen molar-refractivity contribution in [3.05, 3.63) is 0 Å². The van der Waals surface area contributed by atoms with Gasteiger partial charge < -0.3 is 0 Å². The molecule has 2 fully saturated rings. The van der Waals surface area contributed by atoms with Crippen LogP contribution in [0.25, 0.3) is 0 Å². The normalized spacial score (nSPS) is 44.6. The Balaban J connectivity index is 2.44. The van der Waals surface area contributed by atoms with Crippen LogP contribution in [-0.2, 0) is 10.0 Å². The zero-order chi connectivity index (χ0) is 10.6. The molecular weight excluding hydrogens is 198 g/mol. The number of hydrogen-bond donors (Lipinski definition) is 1. The van der Waals surface area contributed by atoms with Gasteiger partial charge in [0.25, 0.3) is 0 Å². The molecule has 1 saturated heterocycles. The van der Waals surface area contributed by atoms with E-state index in [1.165, 1.54) is 0 Å². The number of rotatable bonds is 0. The third-order valence-electron chi connectivity index (χ3n) is 4.68. The fourth-order valence-corrected chi connectivity index (χ4v) is 4.89. The fourth-order valence-electron chi connectivity index (χ4n) is 2.98. The fraction of sp³-hybridized carbons (Fsp3) is 1.00. The van der Waals surface area contributed by atoms with Crippen molar-refractivity contribution in [1.82, 2.24) is 4.72 Å². The van der Waals surface area contributed by atoms with E-state index in [2.05, 4.69) is 25.5 Å². The van der Waals surface area contributed by atoms with Crippen LogP contribution in [0.5, 0.6) is 0 Å². The highest BCUT2D eigenvalue weighted by Gasteiger charge is 2.54. The van der Waals surface area contributed by atoms with Gasteiger partial charge in [-0.05, 0) is 29.6 Å². The van der Waals surface area contributed by atoms with E-state index >= 15 is 0 Å². The zero-order valence-electron chi connectivity index (χ0n) is 9.13. The van der Waals surface area contributed by atoms with Gasteiger partial charge in [0.1, 0.15) is 0 Å². The van der Waals surface area contributed by atoms with Crippen LogP contribution in [0.4, 0.5) is 0 Å². The van der Waals surface area contributed by atoms with Gasteiger partial charge >= 0.3 is 0 Å². The molecule has 1 heterocycles. The average Bonchev–Trinajstić information content (AvgIpc) is 2.15. The highest BCUT2D eigenvalue weighted by Crippen LogP contribution is 2.57. The third kappa shape index (κ3) is 1.31. The van der Waals surface area contributed by atoms with Gasteiger partial charge in [-0.25, -0.2) is 13.1 Å². The van der Waals surface area contributed by atoms with Crippen LogP contribution in [0.1, 0.15) is 33.6 Å². The maximum Gasteiger partial charge on any atom is 0.212 e. The summed E-state index contributed by atoms with van der Waals surface area (Å²) in [6, 6.07) is 0. The maximum absolute atomic E-state index is 11.6. The lowest BCUT2D eigenvalue weighted by Gasteiger charge is -2.39. The lowest BCUT2D eigenvalue weighted by atomic mass is 9.67. The largest absolute Gasteiger partial charge is 0.215 e. The summed E-state index contributed by atoms with van der Waals surface area (Å²) in [7, 11) is -3.03. The first kappa shape index (κ1) is 10.4. The van der Waals surface area contributed by atoms with Crippen LogP contribution in [0.2, 0.25) is 0 Å². The minimum Gasteiger partial charge on any atom is -0.215 e. The Morgan fingerprint density at radius 3 is 2.57 bits per heavy atom. The van der Waals surface area contributed by atoms with Crippen molar-refractivity contribution in [2.24, 2.45) is 16.7 Å². The van der Waals surface area contributed by atoms with Crippen LogP contribution >= 0.6 is 0 Å². The quantitative estimate of drug-likeness (QED) is 0.666. The molecule has 1 aliphatic carbocycles. The Morgan fingerprint density at radius 2 is 1.93 bits per heavy atom. The summed E-state index contributed by atoms with van der Waals surface area (Å²) in [6.07, 6.45) is 2.21. The first-order valence-electron chi connectivity index (χ1n) is 5.24. The highest BCUT2D eigenvalue weighted by atomic mass is 32.2. The summed E-state index contributed by atoms with van der Waals surface area (Å²) in [6.45, 7) is 7.18. The summed E-state index contributed by atoms with van der Waals surface area (Å²) in [5, 5.41) is 0. The molecular formula is C10H19NO2S. The standard InChI is InChI=1S/C10H19NO2S/c1-9(2)8-4-5-10(9,3)7-14(12,13)11-6-8/h8,11H,4-7H2,1-3H3. The monoisotopic (exact) mass is 217 g/mol.